The van der Waals surface area contributed by atoms with Gasteiger partial charge in [-0.2, -0.15) is 0 Å². The lowest BCUT2D eigenvalue weighted by Gasteiger charge is -2.30. The molecular weight excluding hydrogens is 476 g/mol. The molecule has 9 rings (SSSR count). The third kappa shape index (κ3) is 2.45. The van der Waals surface area contributed by atoms with Crippen molar-refractivity contribution < 1.29 is 0 Å². The van der Waals surface area contributed by atoms with E-state index in [-0.39, 0.29) is 5.41 Å². The lowest BCUT2D eigenvalue weighted by Crippen LogP contribution is -2.25. The van der Waals surface area contributed by atoms with Gasteiger partial charge in [-0.3, -0.25) is 0 Å². The zero-order valence-electron chi connectivity index (χ0n) is 20.6. The van der Waals surface area contributed by atoms with Gasteiger partial charge in [-0.05, 0) is 73.8 Å². The highest BCUT2D eigenvalue weighted by Crippen LogP contribution is 2.62. The highest BCUT2D eigenvalue weighted by Gasteiger charge is 2.51. The first kappa shape index (κ1) is 20.6. The van der Waals surface area contributed by atoms with E-state index in [9.17, 15) is 0 Å². The Bertz CT molecular complexity index is 2050. The van der Waals surface area contributed by atoms with Crippen molar-refractivity contribution in [2.45, 2.75) is 5.41 Å². The molecule has 0 saturated carbocycles. The van der Waals surface area contributed by atoms with E-state index in [1.807, 2.05) is 11.3 Å². The first-order valence-electron chi connectivity index (χ1n) is 13.2. The van der Waals surface area contributed by atoms with Gasteiger partial charge in [0.25, 0.3) is 0 Å². The molecule has 0 nitrogen and oxygen atoms in total. The molecule has 0 radical (unpaired) electrons. The first-order valence-corrected chi connectivity index (χ1v) is 14.0. The van der Waals surface area contributed by atoms with Gasteiger partial charge in [-0.15, -0.1) is 11.3 Å². The van der Waals surface area contributed by atoms with Crippen LogP contribution in [0.25, 0.3) is 53.6 Å². The van der Waals surface area contributed by atoms with Crippen molar-refractivity contribution in [3.63, 3.8) is 0 Å². The largest absolute Gasteiger partial charge is 0.135 e. The standard InChI is InChI=1S/C37H22S/c1-5-13-31-25(9-1)26-10-2-6-14-32(26)37(31)33-15-7-3-11-27(33)30-21-23(18-20-34(30)37)24-17-19-29-28-12-4-8-16-35(28)38-36(29)22-24/h1-22H. The Morgan fingerprint density at radius 1 is 0.368 bits per heavy atom. The summed E-state index contributed by atoms with van der Waals surface area (Å²) in [6.45, 7) is 0. The molecule has 1 heterocycles. The van der Waals surface area contributed by atoms with Crippen LogP contribution < -0.4 is 0 Å². The van der Waals surface area contributed by atoms with Gasteiger partial charge in [-0.25, -0.2) is 0 Å². The summed E-state index contributed by atoms with van der Waals surface area (Å²) in [7, 11) is 0. The molecule has 7 aromatic rings. The van der Waals surface area contributed by atoms with Gasteiger partial charge in [0, 0.05) is 20.2 Å². The van der Waals surface area contributed by atoms with Crippen LogP contribution >= 0.6 is 11.3 Å². The Balaban J connectivity index is 1.31. The minimum Gasteiger partial charge on any atom is -0.135 e. The molecule has 176 valence electrons. The van der Waals surface area contributed by atoms with E-state index in [1.54, 1.807) is 0 Å². The van der Waals surface area contributed by atoms with E-state index in [2.05, 4.69) is 133 Å². The summed E-state index contributed by atoms with van der Waals surface area (Å²) in [5.41, 5.74) is 13.3. The number of thiophene rings is 1. The zero-order chi connectivity index (χ0) is 24.8. The Labute approximate surface area is 225 Å². The molecule has 1 spiro atoms. The number of rotatable bonds is 1. The summed E-state index contributed by atoms with van der Waals surface area (Å²) in [5, 5.41) is 2.70. The molecule has 2 aliphatic rings. The maximum atomic E-state index is 2.43. The van der Waals surface area contributed by atoms with E-state index in [0.717, 1.165) is 0 Å². The normalized spacial score (nSPS) is 14.0. The first-order chi connectivity index (χ1) is 18.8. The van der Waals surface area contributed by atoms with Crippen molar-refractivity contribution in [3.05, 3.63) is 156 Å². The van der Waals surface area contributed by atoms with Crippen LogP contribution in [0.1, 0.15) is 22.3 Å². The molecule has 0 fully saturated rings. The minimum atomic E-state index is -0.271. The molecular formula is C37H22S. The molecule has 0 N–H and O–H groups in total. The third-order valence-electron chi connectivity index (χ3n) is 8.71. The van der Waals surface area contributed by atoms with Gasteiger partial charge in [-0.1, -0.05) is 115 Å². The van der Waals surface area contributed by atoms with Crippen molar-refractivity contribution in [3.8, 4) is 33.4 Å². The number of fused-ring (bicyclic) bond motifs is 13. The summed E-state index contributed by atoms with van der Waals surface area (Å²) in [6.07, 6.45) is 0. The van der Waals surface area contributed by atoms with Gasteiger partial charge >= 0.3 is 0 Å². The molecule has 1 aromatic heterocycles. The smallest absolute Gasteiger partial charge is 0.0725 e. The van der Waals surface area contributed by atoms with Gasteiger partial charge < -0.3 is 0 Å². The SMILES string of the molecule is c1ccc2c(c1)-c1ccccc1C21c2ccccc2-c2cc(-c3ccc4c(c3)sc3ccccc34)ccc21. The Morgan fingerprint density at radius 3 is 1.58 bits per heavy atom. The molecule has 6 aromatic carbocycles. The van der Waals surface area contributed by atoms with Crippen LogP contribution in [-0.2, 0) is 5.41 Å². The van der Waals surface area contributed by atoms with Crippen LogP contribution in [0.5, 0.6) is 0 Å². The fourth-order valence-corrected chi connectivity index (χ4v) is 8.33. The van der Waals surface area contributed by atoms with Crippen molar-refractivity contribution in [2.75, 3.05) is 0 Å². The summed E-state index contributed by atoms with van der Waals surface area (Å²) in [4.78, 5) is 0. The van der Waals surface area contributed by atoms with E-state index < -0.39 is 0 Å². The summed E-state index contributed by atoms with van der Waals surface area (Å²) >= 11 is 1.88. The highest BCUT2D eigenvalue weighted by atomic mass is 32.1. The molecule has 0 amide bonds. The average molecular weight is 499 g/mol. The lowest BCUT2D eigenvalue weighted by molar-refractivity contribution is 0.794. The fourth-order valence-electron chi connectivity index (χ4n) is 7.18. The fraction of sp³-hybridized carbons (Fsp3) is 0.0270. The maximum absolute atomic E-state index is 2.43. The summed E-state index contributed by atoms with van der Waals surface area (Å²) in [6, 6.07) is 49.9. The Hall–Kier alpha value is -4.46. The third-order valence-corrected chi connectivity index (χ3v) is 9.84. The van der Waals surface area contributed by atoms with Crippen LogP contribution in [0.3, 0.4) is 0 Å². The van der Waals surface area contributed by atoms with Crippen molar-refractivity contribution in [1.82, 2.24) is 0 Å². The van der Waals surface area contributed by atoms with Crippen LogP contribution in [0, 0.1) is 0 Å². The van der Waals surface area contributed by atoms with Crippen LogP contribution in [0.15, 0.2) is 133 Å². The molecule has 0 unspecified atom stereocenters. The molecule has 0 bridgehead atoms. The van der Waals surface area contributed by atoms with Crippen LogP contribution in [0.4, 0.5) is 0 Å². The second kappa shape index (κ2) is 7.31. The zero-order valence-corrected chi connectivity index (χ0v) is 21.4. The van der Waals surface area contributed by atoms with Crippen molar-refractivity contribution in [2.24, 2.45) is 0 Å². The number of hydrogen-bond donors (Lipinski definition) is 0. The van der Waals surface area contributed by atoms with Crippen LogP contribution in [-0.4, -0.2) is 0 Å². The van der Waals surface area contributed by atoms with Crippen molar-refractivity contribution in [1.29, 1.82) is 0 Å². The maximum Gasteiger partial charge on any atom is 0.0725 e. The van der Waals surface area contributed by atoms with Gasteiger partial charge in [0.15, 0.2) is 0 Å². The molecule has 2 aliphatic carbocycles. The lowest BCUT2D eigenvalue weighted by atomic mass is 9.70. The summed E-state index contributed by atoms with van der Waals surface area (Å²) < 4.78 is 2.70. The van der Waals surface area contributed by atoms with Gasteiger partial charge in [0.05, 0.1) is 5.41 Å². The molecule has 0 atom stereocenters. The van der Waals surface area contributed by atoms with E-state index >= 15 is 0 Å². The molecule has 0 saturated heterocycles. The number of hydrogen-bond acceptors (Lipinski definition) is 1. The average Bonchev–Trinajstić information content (AvgIpc) is 3.60. The quantitative estimate of drug-likeness (QED) is 0.211. The van der Waals surface area contributed by atoms with Crippen LogP contribution in [0.2, 0.25) is 0 Å². The summed E-state index contributed by atoms with van der Waals surface area (Å²) in [5.74, 6) is 0. The van der Waals surface area contributed by atoms with E-state index in [4.69, 9.17) is 0 Å². The van der Waals surface area contributed by atoms with Gasteiger partial charge in [0.2, 0.25) is 0 Å². The Morgan fingerprint density at radius 2 is 0.868 bits per heavy atom. The van der Waals surface area contributed by atoms with Crippen molar-refractivity contribution >= 4 is 31.5 Å². The minimum absolute atomic E-state index is 0.271. The monoisotopic (exact) mass is 498 g/mol. The predicted molar refractivity (Wildman–Crippen MR) is 161 cm³/mol. The molecule has 0 aliphatic heterocycles. The predicted octanol–water partition coefficient (Wildman–Crippen LogP) is 10.1. The number of benzene rings is 6. The van der Waals surface area contributed by atoms with Gasteiger partial charge in [0.1, 0.15) is 0 Å². The second-order valence-corrected chi connectivity index (χ2v) is 11.5. The molecule has 38 heavy (non-hydrogen) atoms. The highest BCUT2D eigenvalue weighted by molar-refractivity contribution is 7.25. The molecule has 1 heteroatoms. The second-order valence-electron chi connectivity index (χ2n) is 10.5. The topological polar surface area (TPSA) is 0 Å². The Kier molecular flexibility index (Phi) is 3.96. The van der Waals surface area contributed by atoms with E-state index in [1.165, 1.54) is 75.8 Å². The van der Waals surface area contributed by atoms with E-state index in [0.29, 0.717) is 0 Å².